The Bertz CT molecular complexity index is 108. The third-order valence-electron chi connectivity index (χ3n) is 0.0913. The molecule has 0 unspecified atom stereocenters. The van der Waals surface area contributed by atoms with E-state index in [4.69, 9.17) is 5.26 Å². The fourth-order valence-electron chi connectivity index (χ4n) is 0. The van der Waals surface area contributed by atoms with Crippen LogP contribution in [0.2, 0.25) is 0 Å². The van der Waals surface area contributed by atoms with E-state index in [1.54, 1.807) is 6.07 Å². The van der Waals surface area contributed by atoms with E-state index < -0.39 is 0 Å². The van der Waals surface area contributed by atoms with E-state index in [-0.39, 0.29) is 5.91 Å². The molecule has 1 amide bonds. The quantitative estimate of drug-likeness (QED) is 0.454. The van der Waals surface area contributed by atoms with Gasteiger partial charge in [0.15, 0.2) is 0 Å². The molecule has 0 aliphatic carbocycles. The van der Waals surface area contributed by atoms with Crippen LogP contribution in [0.5, 0.6) is 0 Å². The molecule has 0 aliphatic rings. The van der Waals surface area contributed by atoms with Gasteiger partial charge in [0, 0.05) is 13.0 Å². The van der Waals surface area contributed by atoms with Gasteiger partial charge in [-0.15, -0.1) is 0 Å². The Labute approximate surface area is 48.4 Å². The molecule has 0 bridgehead atoms. The molecule has 0 aromatic rings. The number of amides is 1. The lowest BCUT2D eigenvalue weighted by Gasteiger charge is -1.60. The topological polar surface area (TPSA) is 66.9 Å². The van der Waals surface area contributed by atoms with Crippen LogP contribution in [0.3, 0.4) is 0 Å². The van der Waals surface area contributed by atoms with Crippen LogP contribution < -0.4 is 5.73 Å². The minimum Gasteiger partial charge on any atom is -0.370 e. The van der Waals surface area contributed by atoms with Gasteiger partial charge in [0.2, 0.25) is 5.91 Å². The van der Waals surface area contributed by atoms with Crippen LogP contribution in [0, 0.1) is 11.3 Å². The van der Waals surface area contributed by atoms with Crippen LogP contribution in [0.25, 0.3) is 0 Å². The minimum absolute atomic E-state index is 0.333. The normalized spacial score (nSPS) is 5.00. The molecule has 0 fully saturated rings. The first-order valence-corrected chi connectivity index (χ1v) is 1.91. The first-order chi connectivity index (χ1) is 3.65. The summed E-state index contributed by atoms with van der Waals surface area (Å²) < 4.78 is 0. The van der Waals surface area contributed by atoms with Crippen molar-refractivity contribution < 1.29 is 4.79 Å². The molecule has 0 atom stereocenters. The summed E-state index contributed by atoms with van der Waals surface area (Å²) in [7, 11) is 0. The first kappa shape index (κ1) is 9.85. The predicted octanol–water partition coefficient (Wildman–Crippen LogP) is 0.188. The Kier molecular flexibility index (Phi) is 11.3. The highest BCUT2D eigenvalue weighted by atomic mass is 16.1. The molecule has 3 nitrogen and oxygen atoms in total. The fraction of sp³-hybridized carbons (Fsp3) is 0.200. The van der Waals surface area contributed by atoms with Crippen LogP contribution in [0.4, 0.5) is 0 Å². The Morgan fingerprint density at radius 3 is 2.12 bits per heavy atom. The van der Waals surface area contributed by atoms with Crippen molar-refractivity contribution >= 4 is 5.91 Å². The first-order valence-electron chi connectivity index (χ1n) is 1.91. The number of rotatable bonds is 0. The summed E-state index contributed by atoms with van der Waals surface area (Å²) in [6.07, 6.45) is 1.18. The zero-order chi connectivity index (χ0) is 6.99. The predicted molar refractivity (Wildman–Crippen MR) is 30.7 cm³/mol. The Morgan fingerprint density at radius 2 is 2.12 bits per heavy atom. The van der Waals surface area contributed by atoms with Gasteiger partial charge in [-0.25, -0.2) is 0 Å². The van der Waals surface area contributed by atoms with Crippen molar-refractivity contribution in [3.8, 4) is 6.07 Å². The van der Waals surface area contributed by atoms with E-state index >= 15 is 0 Å². The lowest BCUT2D eigenvalue weighted by molar-refractivity contribution is -0.115. The summed E-state index contributed by atoms with van der Waals surface area (Å²) >= 11 is 0. The number of carbonyl (C=O) groups excluding carboxylic acids is 1. The lowest BCUT2D eigenvalue weighted by atomic mass is 10.8. The highest BCUT2D eigenvalue weighted by Gasteiger charge is 1.61. The second-order valence-corrected chi connectivity index (χ2v) is 0.944. The average Bonchev–Trinajstić information content (AvgIpc) is 1.65. The molecule has 0 rings (SSSR count). The third-order valence-corrected chi connectivity index (χ3v) is 0.0913. The van der Waals surface area contributed by atoms with Crippen molar-refractivity contribution in [3.05, 3.63) is 12.7 Å². The molecule has 0 aromatic heterocycles. The summed E-state index contributed by atoms with van der Waals surface area (Å²) in [6, 6.07) is 1.69. The smallest absolute Gasteiger partial charge is 0.214 e. The lowest BCUT2D eigenvalue weighted by Crippen LogP contribution is -2.01. The summed E-state index contributed by atoms with van der Waals surface area (Å²) in [5.74, 6) is -0.333. The number of carbonyl (C=O) groups is 1. The van der Waals surface area contributed by atoms with Gasteiger partial charge in [0.1, 0.15) is 0 Å². The van der Waals surface area contributed by atoms with Gasteiger partial charge in [-0.2, -0.15) is 5.26 Å². The minimum atomic E-state index is -0.333. The van der Waals surface area contributed by atoms with Crippen LogP contribution in [-0.4, -0.2) is 5.91 Å². The number of nitriles is 1. The van der Waals surface area contributed by atoms with Crippen molar-refractivity contribution in [3.63, 3.8) is 0 Å². The van der Waals surface area contributed by atoms with Gasteiger partial charge in [-0.3, -0.25) is 4.79 Å². The second-order valence-electron chi connectivity index (χ2n) is 0.944. The molecule has 0 saturated carbocycles. The Hall–Kier alpha value is -1.30. The Morgan fingerprint density at radius 1 is 2.00 bits per heavy atom. The summed E-state index contributed by atoms with van der Waals surface area (Å²) in [5, 5.41) is 7.51. The highest BCUT2D eigenvalue weighted by molar-refractivity contribution is 5.70. The number of hydrogen-bond acceptors (Lipinski definition) is 2. The highest BCUT2D eigenvalue weighted by Crippen LogP contribution is 1.41. The van der Waals surface area contributed by atoms with Crippen LogP contribution in [-0.2, 0) is 4.79 Å². The molecule has 44 valence electrons. The molecule has 0 heterocycles. The van der Waals surface area contributed by atoms with Crippen molar-refractivity contribution in [2.45, 2.75) is 6.92 Å². The van der Waals surface area contributed by atoms with E-state index in [0.29, 0.717) is 0 Å². The zero-order valence-electron chi connectivity index (χ0n) is 4.72. The van der Waals surface area contributed by atoms with Crippen molar-refractivity contribution in [2.24, 2.45) is 5.73 Å². The van der Waals surface area contributed by atoms with Gasteiger partial charge in [-0.05, 0) is 0 Å². The largest absolute Gasteiger partial charge is 0.370 e. The maximum atomic E-state index is 9.22. The van der Waals surface area contributed by atoms with E-state index in [0.717, 1.165) is 0 Å². The molecule has 0 radical (unpaired) electrons. The molecule has 8 heavy (non-hydrogen) atoms. The van der Waals surface area contributed by atoms with E-state index in [9.17, 15) is 4.79 Å². The standard InChI is InChI=1S/C3H3N.C2H5NO/c1-2-3-4;1-2(3)4/h2H,1H2;1H3,(H2,3,4). The molecule has 0 aromatic carbocycles. The summed E-state index contributed by atoms with van der Waals surface area (Å²) in [6.45, 7) is 4.42. The molecule has 0 aliphatic heterocycles. The zero-order valence-corrected chi connectivity index (χ0v) is 4.72. The van der Waals surface area contributed by atoms with E-state index in [1.807, 2.05) is 0 Å². The van der Waals surface area contributed by atoms with E-state index in [2.05, 4.69) is 12.3 Å². The second kappa shape index (κ2) is 9.20. The maximum absolute atomic E-state index is 9.22. The summed E-state index contributed by atoms with van der Waals surface area (Å²) in [5.41, 5.74) is 4.47. The van der Waals surface area contributed by atoms with Crippen molar-refractivity contribution in [1.82, 2.24) is 0 Å². The van der Waals surface area contributed by atoms with Crippen LogP contribution in [0.1, 0.15) is 6.92 Å². The number of primary amides is 1. The number of nitrogens with zero attached hydrogens (tertiary/aromatic N) is 1. The number of nitrogens with two attached hydrogens (primary N) is 1. The van der Waals surface area contributed by atoms with Gasteiger partial charge < -0.3 is 5.73 Å². The molecule has 3 heteroatoms. The molecule has 2 N–H and O–H groups in total. The fourth-order valence-corrected chi connectivity index (χ4v) is 0. The Balaban J connectivity index is 0. The monoisotopic (exact) mass is 112 g/mol. The SMILES string of the molecule is C=CC#N.CC(N)=O. The van der Waals surface area contributed by atoms with Crippen LogP contribution >= 0.6 is 0 Å². The maximum Gasteiger partial charge on any atom is 0.214 e. The molecule has 0 saturated heterocycles. The number of allylic oxidation sites excluding steroid dienone is 1. The number of hydrogen-bond donors (Lipinski definition) is 1. The molecular weight excluding hydrogens is 104 g/mol. The third kappa shape index (κ3) is 715. The molecular formula is C5H8N2O. The van der Waals surface area contributed by atoms with Gasteiger partial charge in [0.25, 0.3) is 0 Å². The summed E-state index contributed by atoms with van der Waals surface area (Å²) in [4.78, 5) is 9.22. The van der Waals surface area contributed by atoms with Crippen molar-refractivity contribution in [1.29, 1.82) is 5.26 Å². The van der Waals surface area contributed by atoms with Gasteiger partial charge >= 0.3 is 0 Å². The van der Waals surface area contributed by atoms with Gasteiger partial charge in [-0.1, -0.05) is 6.58 Å². The van der Waals surface area contributed by atoms with Crippen molar-refractivity contribution in [2.75, 3.05) is 0 Å². The average molecular weight is 112 g/mol. The molecule has 0 spiro atoms. The van der Waals surface area contributed by atoms with Crippen LogP contribution in [0.15, 0.2) is 12.7 Å². The van der Waals surface area contributed by atoms with E-state index in [1.165, 1.54) is 13.0 Å². The van der Waals surface area contributed by atoms with Gasteiger partial charge in [0.05, 0.1) is 6.07 Å².